The molecule has 1 unspecified atom stereocenters. The fraction of sp³-hybridized carbons (Fsp3) is 0.500. The minimum absolute atomic E-state index is 0.0297. The number of aromatic nitrogens is 2. The van der Waals surface area contributed by atoms with Crippen LogP contribution in [0.2, 0.25) is 0 Å². The molecule has 1 heterocycles. The highest BCUT2D eigenvalue weighted by Crippen LogP contribution is 2.25. The van der Waals surface area contributed by atoms with E-state index in [9.17, 15) is 5.11 Å². The smallest absolute Gasteiger partial charge is 0.121 e. The summed E-state index contributed by atoms with van der Waals surface area (Å²) in [6.07, 6.45) is 2.51. The van der Waals surface area contributed by atoms with Gasteiger partial charge in [-0.1, -0.05) is 6.92 Å². The zero-order chi connectivity index (χ0) is 17.4. The summed E-state index contributed by atoms with van der Waals surface area (Å²) in [5.41, 5.74) is 3.28. The first-order chi connectivity index (χ1) is 11.7. The number of likely N-dealkylation sites (N-methyl/N-ethyl adjacent to an activating group) is 2. The van der Waals surface area contributed by atoms with E-state index in [2.05, 4.69) is 27.5 Å². The molecule has 2 rings (SSSR count). The number of rotatable bonds is 10. The van der Waals surface area contributed by atoms with E-state index in [1.807, 2.05) is 44.4 Å². The standard InChI is InChI=1S/C18H28N4O2/c1-4-16(13-23)24-17-7-5-14(6-8-17)18-15(11-20-21-18)12-22(3)10-9-19-2/h5-8,11,16,19,23H,4,9-10,12-13H2,1-3H3,(H,20,21). The lowest BCUT2D eigenvalue weighted by molar-refractivity contribution is 0.112. The summed E-state index contributed by atoms with van der Waals surface area (Å²) in [5, 5.41) is 19.7. The van der Waals surface area contributed by atoms with E-state index < -0.39 is 0 Å². The van der Waals surface area contributed by atoms with Gasteiger partial charge in [0.05, 0.1) is 18.5 Å². The first kappa shape index (κ1) is 18.4. The van der Waals surface area contributed by atoms with Crippen LogP contribution in [0.5, 0.6) is 5.75 Å². The van der Waals surface area contributed by atoms with Gasteiger partial charge in [0.2, 0.25) is 0 Å². The van der Waals surface area contributed by atoms with Crippen LogP contribution < -0.4 is 10.1 Å². The van der Waals surface area contributed by atoms with Gasteiger partial charge in [-0.3, -0.25) is 5.10 Å². The molecule has 24 heavy (non-hydrogen) atoms. The van der Waals surface area contributed by atoms with Crippen LogP contribution in [0.3, 0.4) is 0 Å². The molecule has 0 aliphatic heterocycles. The van der Waals surface area contributed by atoms with Crippen molar-refractivity contribution in [1.82, 2.24) is 20.4 Å². The molecule has 0 aliphatic carbocycles. The van der Waals surface area contributed by atoms with Crippen LogP contribution in [-0.2, 0) is 6.54 Å². The fourth-order valence-corrected chi connectivity index (χ4v) is 2.50. The quantitative estimate of drug-likeness (QED) is 0.619. The molecule has 3 N–H and O–H groups in total. The molecule has 0 spiro atoms. The molecule has 0 amide bonds. The number of nitrogens with one attached hydrogen (secondary N) is 2. The average molecular weight is 332 g/mol. The number of ether oxygens (including phenoxy) is 1. The van der Waals surface area contributed by atoms with Crippen molar-refractivity contribution in [1.29, 1.82) is 0 Å². The van der Waals surface area contributed by atoms with Gasteiger partial charge < -0.3 is 20.1 Å². The zero-order valence-corrected chi connectivity index (χ0v) is 14.7. The summed E-state index contributed by atoms with van der Waals surface area (Å²) in [7, 11) is 4.06. The molecular formula is C18H28N4O2. The number of aliphatic hydroxyl groups is 1. The minimum atomic E-state index is -0.153. The maximum absolute atomic E-state index is 9.23. The molecule has 2 aromatic rings. The van der Waals surface area contributed by atoms with Gasteiger partial charge in [-0.05, 0) is 44.8 Å². The first-order valence-corrected chi connectivity index (χ1v) is 8.41. The predicted molar refractivity (Wildman–Crippen MR) is 96.1 cm³/mol. The van der Waals surface area contributed by atoms with Crippen LogP contribution in [0.15, 0.2) is 30.5 Å². The molecule has 1 atom stereocenters. The Kier molecular flexibility index (Phi) is 7.24. The van der Waals surface area contributed by atoms with Gasteiger partial charge >= 0.3 is 0 Å². The van der Waals surface area contributed by atoms with Crippen LogP contribution >= 0.6 is 0 Å². The molecule has 0 saturated heterocycles. The third-order valence-corrected chi connectivity index (χ3v) is 4.01. The fourth-order valence-electron chi connectivity index (χ4n) is 2.50. The van der Waals surface area contributed by atoms with Crippen molar-refractivity contribution < 1.29 is 9.84 Å². The van der Waals surface area contributed by atoms with Gasteiger partial charge in [-0.2, -0.15) is 5.10 Å². The van der Waals surface area contributed by atoms with Crippen LogP contribution in [0.25, 0.3) is 11.3 Å². The first-order valence-electron chi connectivity index (χ1n) is 8.41. The number of nitrogens with zero attached hydrogens (tertiary/aromatic N) is 2. The molecule has 0 saturated carbocycles. The third kappa shape index (κ3) is 5.06. The maximum Gasteiger partial charge on any atom is 0.121 e. The Bertz CT molecular complexity index is 593. The van der Waals surface area contributed by atoms with Crippen LogP contribution in [-0.4, -0.2) is 60.1 Å². The van der Waals surface area contributed by atoms with Crippen LogP contribution in [0.4, 0.5) is 0 Å². The molecule has 1 aromatic heterocycles. The van der Waals surface area contributed by atoms with Crippen molar-refractivity contribution >= 4 is 0 Å². The van der Waals surface area contributed by atoms with E-state index in [-0.39, 0.29) is 12.7 Å². The molecule has 6 heteroatoms. The summed E-state index contributed by atoms with van der Waals surface area (Å²) < 4.78 is 5.73. The Balaban J connectivity index is 2.05. The Labute approximate surface area is 143 Å². The van der Waals surface area contributed by atoms with Gasteiger partial charge in [-0.25, -0.2) is 0 Å². The van der Waals surface area contributed by atoms with Gasteiger partial charge in [-0.15, -0.1) is 0 Å². The van der Waals surface area contributed by atoms with E-state index in [1.54, 1.807) is 0 Å². The second-order valence-corrected chi connectivity index (χ2v) is 5.97. The third-order valence-electron chi connectivity index (χ3n) is 4.01. The number of benzene rings is 1. The molecule has 0 aliphatic rings. The van der Waals surface area contributed by atoms with Crippen LogP contribution in [0.1, 0.15) is 18.9 Å². The van der Waals surface area contributed by atoms with Crippen molar-refractivity contribution in [2.75, 3.05) is 33.8 Å². The summed E-state index contributed by atoms with van der Waals surface area (Å²) in [6, 6.07) is 7.90. The molecular weight excluding hydrogens is 304 g/mol. The highest BCUT2D eigenvalue weighted by atomic mass is 16.5. The van der Waals surface area contributed by atoms with Gasteiger partial charge in [0.25, 0.3) is 0 Å². The molecule has 0 bridgehead atoms. The molecule has 1 aromatic carbocycles. The van der Waals surface area contributed by atoms with Crippen LogP contribution in [0, 0.1) is 0 Å². The van der Waals surface area contributed by atoms with E-state index in [1.165, 1.54) is 5.56 Å². The van der Waals surface area contributed by atoms with E-state index in [4.69, 9.17) is 4.74 Å². The predicted octanol–water partition coefficient (Wildman–Crippen LogP) is 1.88. The van der Waals surface area contributed by atoms with Gasteiger partial charge in [0.15, 0.2) is 0 Å². The number of aliphatic hydroxyl groups excluding tert-OH is 1. The monoisotopic (exact) mass is 332 g/mol. The van der Waals surface area contributed by atoms with Crippen molar-refractivity contribution in [3.8, 4) is 17.0 Å². The summed E-state index contributed by atoms with van der Waals surface area (Å²) in [5.74, 6) is 0.770. The highest BCUT2D eigenvalue weighted by Gasteiger charge is 2.11. The number of H-pyrrole nitrogens is 1. The number of hydrogen-bond donors (Lipinski definition) is 3. The van der Waals surface area contributed by atoms with Gasteiger partial charge in [0, 0.05) is 30.8 Å². The molecule has 6 nitrogen and oxygen atoms in total. The summed E-state index contributed by atoms with van der Waals surface area (Å²) >= 11 is 0. The number of hydrogen-bond acceptors (Lipinski definition) is 5. The van der Waals surface area contributed by atoms with E-state index in [0.717, 1.165) is 43.1 Å². The lowest BCUT2D eigenvalue weighted by Crippen LogP contribution is -2.26. The Morgan fingerprint density at radius 3 is 2.71 bits per heavy atom. The lowest BCUT2D eigenvalue weighted by Gasteiger charge is -2.17. The lowest BCUT2D eigenvalue weighted by atomic mass is 10.1. The normalized spacial score (nSPS) is 12.5. The van der Waals surface area contributed by atoms with Crippen molar-refractivity contribution in [2.45, 2.75) is 26.0 Å². The summed E-state index contributed by atoms with van der Waals surface area (Å²) in [4.78, 5) is 2.26. The van der Waals surface area contributed by atoms with E-state index in [0.29, 0.717) is 0 Å². The topological polar surface area (TPSA) is 73.4 Å². The number of aromatic amines is 1. The summed E-state index contributed by atoms with van der Waals surface area (Å²) in [6.45, 7) is 4.80. The van der Waals surface area contributed by atoms with Crippen molar-refractivity contribution in [3.05, 3.63) is 36.0 Å². The second-order valence-electron chi connectivity index (χ2n) is 5.97. The van der Waals surface area contributed by atoms with Gasteiger partial charge in [0.1, 0.15) is 11.9 Å². The average Bonchev–Trinajstić information content (AvgIpc) is 3.06. The zero-order valence-electron chi connectivity index (χ0n) is 14.7. The van der Waals surface area contributed by atoms with Crippen molar-refractivity contribution in [3.63, 3.8) is 0 Å². The molecule has 0 radical (unpaired) electrons. The molecule has 132 valence electrons. The largest absolute Gasteiger partial charge is 0.488 e. The Morgan fingerprint density at radius 2 is 2.08 bits per heavy atom. The Morgan fingerprint density at radius 1 is 1.33 bits per heavy atom. The molecule has 0 fully saturated rings. The van der Waals surface area contributed by atoms with Crippen molar-refractivity contribution in [2.24, 2.45) is 0 Å². The SMILES string of the molecule is CCC(CO)Oc1ccc(-c2[nH]ncc2CN(C)CCNC)cc1. The maximum atomic E-state index is 9.23. The minimum Gasteiger partial charge on any atom is -0.488 e. The van der Waals surface area contributed by atoms with E-state index >= 15 is 0 Å². The highest BCUT2D eigenvalue weighted by molar-refractivity contribution is 5.63. The second kappa shape index (κ2) is 9.42. The Hall–Kier alpha value is -1.89.